The van der Waals surface area contributed by atoms with Crippen molar-refractivity contribution < 1.29 is 9.53 Å². The SMILES string of the molecule is COc1ccccc1/C=N\N=C1/S[C@H](C)C(=O)N1Cc1cccc2ccccc12. The van der Waals surface area contributed by atoms with Gasteiger partial charge in [-0.2, -0.15) is 5.10 Å². The van der Waals surface area contributed by atoms with Crippen molar-refractivity contribution >= 4 is 39.8 Å². The molecular weight excluding hydrogens is 382 g/mol. The van der Waals surface area contributed by atoms with Crippen LogP contribution in [-0.4, -0.2) is 34.5 Å². The number of methoxy groups -OCH3 is 1. The van der Waals surface area contributed by atoms with Crippen molar-refractivity contribution in [3.8, 4) is 5.75 Å². The Bertz CT molecular complexity index is 1100. The van der Waals surface area contributed by atoms with Gasteiger partial charge in [-0.1, -0.05) is 66.4 Å². The molecule has 0 unspecified atom stereocenters. The molecule has 3 aromatic carbocycles. The third-order valence-corrected chi connectivity index (χ3v) is 5.88. The minimum Gasteiger partial charge on any atom is -0.496 e. The number of hydrogen-bond acceptors (Lipinski definition) is 5. The molecule has 0 bridgehead atoms. The van der Waals surface area contributed by atoms with Gasteiger partial charge in [-0.15, -0.1) is 5.10 Å². The molecule has 6 heteroatoms. The van der Waals surface area contributed by atoms with Gasteiger partial charge in [0.15, 0.2) is 5.17 Å². The summed E-state index contributed by atoms with van der Waals surface area (Å²) in [6.45, 7) is 2.37. The average molecular weight is 404 g/mol. The summed E-state index contributed by atoms with van der Waals surface area (Å²) in [5, 5.41) is 11.3. The molecule has 146 valence electrons. The van der Waals surface area contributed by atoms with Crippen LogP contribution >= 0.6 is 11.8 Å². The van der Waals surface area contributed by atoms with Crippen LogP contribution in [0.4, 0.5) is 0 Å². The normalized spacial score (nSPS) is 18.3. The molecule has 4 rings (SSSR count). The molecule has 1 saturated heterocycles. The van der Waals surface area contributed by atoms with Crippen LogP contribution in [0.5, 0.6) is 5.75 Å². The lowest BCUT2D eigenvalue weighted by Gasteiger charge is -2.17. The van der Waals surface area contributed by atoms with Gasteiger partial charge < -0.3 is 4.74 Å². The Balaban J connectivity index is 1.62. The molecule has 1 aliphatic heterocycles. The number of para-hydroxylation sites is 1. The highest BCUT2D eigenvalue weighted by atomic mass is 32.2. The highest BCUT2D eigenvalue weighted by molar-refractivity contribution is 8.15. The predicted molar refractivity (Wildman–Crippen MR) is 120 cm³/mol. The first-order chi connectivity index (χ1) is 14.2. The summed E-state index contributed by atoms with van der Waals surface area (Å²) in [6.07, 6.45) is 1.65. The molecule has 0 aliphatic carbocycles. The zero-order valence-corrected chi connectivity index (χ0v) is 17.1. The Hall–Kier alpha value is -3.12. The highest BCUT2D eigenvalue weighted by Crippen LogP contribution is 2.30. The van der Waals surface area contributed by atoms with Crippen LogP contribution in [0.3, 0.4) is 0 Å². The van der Waals surface area contributed by atoms with Crippen LogP contribution in [-0.2, 0) is 11.3 Å². The fraction of sp³-hybridized carbons (Fsp3) is 0.174. The smallest absolute Gasteiger partial charge is 0.242 e. The number of rotatable bonds is 5. The molecule has 1 atom stereocenters. The van der Waals surface area contributed by atoms with E-state index in [0.717, 1.165) is 27.6 Å². The average Bonchev–Trinajstić information content (AvgIpc) is 3.02. The van der Waals surface area contributed by atoms with Crippen LogP contribution in [0.2, 0.25) is 0 Å². The van der Waals surface area contributed by atoms with Gasteiger partial charge in [0.05, 0.1) is 25.1 Å². The van der Waals surface area contributed by atoms with E-state index in [1.54, 1.807) is 18.2 Å². The second-order valence-corrected chi connectivity index (χ2v) is 8.00. The fourth-order valence-electron chi connectivity index (χ4n) is 3.32. The highest BCUT2D eigenvalue weighted by Gasteiger charge is 2.35. The molecule has 5 nitrogen and oxygen atoms in total. The van der Waals surface area contributed by atoms with Crippen LogP contribution in [0, 0.1) is 0 Å². The molecule has 0 aromatic heterocycles. The quantitative estimate of drug-likeness (QED) is 0.458. The van der Waals surface area contributed by atoms with Crippen LogP contribution in [0.1, 0.15) is 18.1 Å². The maximum Gasteiger partial charge on any atom is 0.242 e. The maximum absolute atomic E-state index is 12.7. The van der Waals surface area contributed by atoms with E-state index in [-0.39, 0.29) is 11.2 Å². The lowest BCUT2D eigenvalue weighted by atomic mass is 10.0. The van der Waals surface area contributed by atoms with E-state index >= 15 is 0 Å². The monoisotopic (exact) mass is 403 g/mol. The number of carbonyl (C=O) groups is 1. The zero-order valence-electron chi connectivity index (χ0n) is 16.3. The van der Waals surface area contributed by atoms with Gasteiger partial charge >= 0.3 is 0 Å². The summed E-state index contributed by atoms with van der Waals surface area (Å²) in [4.78, 5) is 14.5. The first-order valence-corrected chi connectivity index (χ1v) is 10.2. The summed E-state index contributed by atoms with van der Waals surface area (Å²) in [5.41, 5.74) is 1.93. The van der Waals surface area contributed by atoms with Crippen LogP contribution < -0.4 is 4.74 Å². The molecule has 0 spiro atoms. The largest absolute Gasteiger partial charge is 0.496 e. The molecule has 0 radical (unpaired) electrons. The van der Waals surface area contributed by atoms with Crippen molar-refractivity contribution in [2.75, 3.05) is 7.11 Å². The minimum absolute atomic E-state index is 0.0502. The van der Waals surface area contributed by atoms with Crippen molar-refractivity contribution in [1.82, 2.24) is 4.90 Å². The first kappa shape index (κ1) is 19.2. The van der Waals surface area contributed by atoms with E-state index in [0.29, 0.717) is 11.7 Å². The number of thioether (sulfide) groups is 1. The molecule has 0 N–H and O–H groups in total. The topological polar surface area (TPSA) is 54.3 Å². The van der Waals surface area contributed by atoms with Gasteiger partial charge in [0, 0.05) is 5.56 Å². The Morgan fingerprint density at radius 1 is 1.07 bits per heavy atom. The van der Waals surface area contributed by atoms with E-state index in [2.05, 4.69) is 34.5 Å². The molecule has 1 aliphatic rings. The van der Waals surface area contributed by atoms with E-state index in [1.807, 2.05) is 49.4 Å². The Morgan fingerprint density at radius 3 is 2.69 bits per heavy atom. The summed E-state index contributed by atoms with van der Waals surface area (Å²) in [5.74, 6) is 0.779. The molecule has 29 heavy (non-hydrogen) atoms. The van der Waals surface area contributed by atoms with Crippen molar-refractivity contribution in [3.05, 3.63) is 77.9 Å². The number of amidine groups is 1. The van der Waals surface area contributed by atoms with E-state index in [9.17, 15) is 4.79 Å². The van der Waals surface area contributed by atoms with Crippen molar-refractivity contribution in [2.24, 2.45) is 10.2 Å². The van der Waals surface area contributed by atoms with Crippen LogP contribution in [0.15, 0.2) is 76.9 Å². The second kappa shape index (κ2) is 8.49. The van der Waals surface area contributed by atoms with Crippen molar-refractivity contribution in [2.45, 2.75) is 18.7 Å². The van der Waals surface area contributed by atoms with Crippen molar-refractivity contribution in [3.63, 3.8) is 0 Å². The molecule has 1 fully saturated rings. The molecule has 3 aromatic rings. The van der Waals surface area contributed by atoms with Gasteiger partial charge in [-0.25, -0.2) is 0 Å². The maximum atomic E-state index is 12.7. The predicted octanol–water partition coefficient (Wildman–Crippen LogP) is 4.70. The summed E-state index contributed by atoms with van der Waals surface area (Å²) in [7, 11) is 1.62. The van der Waals surface area contributed by atoms with Gasteiger partial charge in [0.2, 0.25) is 5.91 Å². The second-order valence-electron chi connectivity index (χ2n) is 6.69. The van der Waals surface area contributed by atoms with Crippen LogP contribution in [0.25, 0.3) is 10.8 Å². The Kier molecular flexibility index (Phi) is 5.62. The number of carbonyl (C=O) groups excluding carboxylic acids is 1. The number of ether oxygens (including phenoxy) is 1. The lowest BCUT2D eigenvalue weighted by Crippen LogP contribution is -2.30. The van der Waals surface area contributed by atoms with Gasteiger partial charge in [0.25, 0.3) is 0 Å². The number of nitrogens with zero attached hydrogens (tertiary/aromatic N) is 3. The number of benzene rings is 3. The summed E-state index contributed by atoms with van der Waals surface area (Å²) in [6, 6.07) is 21.9. The molecule has 1 amide bonds. The summed E-state index contributed by atoms with van der Waals surface area (Å²) < 4.78 is 5.33. The number of fused-ring (bicyclic) bond motifs is 1. The molecule has 1 heterocycles. The molecular formula is C23H21N3O2S. The Labute approximate surface area is 174 Å². The van der Waals surface area contributed by atoms with Gasteiger partial charge in [-0.05, 0) is 35.4 Å². The minimum atomic E-state index is -0.176. The van der Waals surface area contributed by atoms with E-state index in [4.69, 9.17) is 4.74 Å². The van der Waals surface area contributed by atoms with Gasteiger partial charge in [0.1, 0.15) is 5.75 Å². The van der Waals surface area contributed by atoms with Crippen molar-refractivity contribution in [1.29, 1.82) is 0 Å². The fourth-order valence-corrected chi connectivity index (χ4v) is 4.24. The first-order valence-electron chi connectivity index (χ1n) is 9.36. The number of hydrogen-bond donors (Lipinski definition) is 0. The third kappa shape index (κ3) is 4.03. The standard InChI is InChI=1S/C23H21N3O2S/c1-16-22(27)26(15-19-11-7-10-17-8-3-5-12-20(17)19)23(29-16)25-24-14-18-9-4-6-13-21(18)28-2/h3-14,16H,15H2,1-2H3/b24-14-,25-23-/t16-/m1/s1. The zero-order chi connectivity index (χ0) is 20.2. The third-order valence-electron chi connectivity index (χ3n) is 4.81. The van der Waals surface area contributed by atoms with E-state index < -0.39 is 0 Å². The Morgan fingerprint density at radius 2 is 1.83 bits per heavy atom. The number of amides is 1. The van der Waals surface area contributed by atoms with Gasteiger partial charge in [-0.3, -0.25) is 9.69 Å². The lowest BCUT2D eigenvalue weighted by molar-refractivity contribution is -0.126. The summed E-state index contributed by atoms with van der Waals surface area (Å²) >= 11 is 1.43. The molecule has 0 saturated carbocycles. The van der Waals surface area contributed by atoms with E-state index in [1.165, 1.54) is 11.8 Å².